The summed E-state index contributed by atoms with van der Waals surface area (Å²) in [7, 11) is 0. The van der Waals surface area contributed by atoms with Crippen LogP contribution in [0.15, 0.2) is 27.1 Å². The van der Waals surface area contributed by atoms with Gasteiger partial charge in [0, 0.05) is 15.0 Å². The Morgan fingerprint density at radius 3 is 2.67 bits per heavy atom. The summed E-state index contributed by atoms with van der Waals surface area (Å²) < 4.78 is 2.32. The zero-order valence-corrected chi connectivity index (χ0v) is 9.65. The monoisotopic (exact) mass is 289 g/mol. The Balaban J connectivity index is 2.36. The molecule has 1 fully saturated rings. The minimum absolute atomic E-state index is 0.553. The van der Waals surface area contributed by atoms with Crippen molar-refractivity contribution in [3.63, 3.8) is 0 Å². The molecular weight excluding hydrogens is 282 g/mol. The molecule has 1 N–H and O–H groups in total. The highest BCUT2D eigenvalue weighted by Gasteiger charge is 2.20. The van der Waals surface area contributed by atoms with Crippen LogP contribution in [0, 0.1) is 0 Å². The predicted octanol–water partition coefficient (Wildman–Crippen LogP) is 3.25. The second-order valence-corrected chi connectivity index (χ2v) is 4.59. The fourth-order valence-corrected chi connectivity index (χ4v) is 2.27. The lowest BCUT2D eigenvalue weighted by atomic mass is 9.98. The number of halogens is 2. The Hall–Kier alpha value is 0.140. The minimum atomic E-state index is 0.553. The highest BCUT2D eigenvalue weighted by molar-refractivity contribution is 9.13. The first-order valence-corrected chi connectivity index (χ1v) is 5.55. The summed E-state index contributed by atoms with van der Waals surface area (Å²) in [6.45, 7) is 1.14. The second kappa shape index (κ2) is 3.48. The van der Waals surface area contributed by atoms with Crippen molar-refractivity contribution in [1.82, 2.24) is 5.32 Å². The summed E-state index contributed by atoms with van der Waals surface area (Å²) in [5, 5.41) is 3.38. The van der Waals surface area contributed by atoms with E-state index in [9.17, 15) is 0 Å². The SMILES string of the molecule is Brc1cccc([C@@H]2CCN2)c1Br. The van der Waals surface area contributed by atoms with Gasteiger partial charge in [-0.15, -0.1) is 0 Å². The third-order valence-electron chi connectivity index (χ3n) is 2.18. The van der Waals surface area contributed by atoms with Crippen LogP contribution >= 0.6 is 31.9 Å². The molecule has 0 spiro atoms. The third kappa shape index (κ3) is 1.45. The van der Waals surface area contributed by atoms with Gasteiger partial charge in [-0.25, -0.2) is 0 Å². The Morgan fingerprint density at radius 1 is 1.33 bits per heavy atom. The number of benzene rings is 1. The lowest BCUT2D eigenvalue weighted by molar-refractivity contribution is 0.382. The van der Waals surface area contributed by atoms with E-state index in [2.05, 4.69) is 49.3 Å². The molecule has 1 nitrogen and oxygen atoms in total. The maximum Gasteiger partial charge on any atom is 0.0365 e. The van der Waals surface area contributed by atoms with E-state index in [1.807, 2.05) is 6.07 Å². The molecule has 1 atom stereocenters. The van der Waals surface area contributed by atoms with E-state index in [1.165, 1.54) is 16.5 Å². The largest absolute Gasteiger partial charge is 0.310 e. The number of rotatable bonds is 1. The molecule has 2 rings (SSSR count). The Bertz CT molecular complexity index is 295. The van der Waals surface area contributed by atoms with E-state index in [4.69, 9.17) is 0 Å². The standard InChI is InChI=1S/C9H9Br2N/c10-7-3-1-2-6(9(7)11)8-4-5-12-8/h1-3,8,12H,4-5H2/t8-/m0/s1. The Morgan fingerprint density at radius 2 is 2.08 bits per heavy atom. The molecule has 0 saturated carbocycles. The van der Waals surface area contributed by atoms with Gasteiger partial charge in [0.15, 0.2) is 0 Å². The molecule has 1 saturated heterocycles. The predicted molar refractivity (Wildman–Crippen MR) is 57.2 cm³/mol. The van der Waals surface area contributed by atoms with Gasteiger partial charge >= 0.3 is 0 Å². The molecule has 3 heteroatoms. The van der Waals surface area contributed by atoms with Gasteiger partial charge in [-0.1, -0.05) is 12.1 Å². The van der Waals surface area contributed by atoms with E-state index in [0.717, 1.165) is 11.0 Å². The molecular formula is C9H9Br2N. The van der Waals surface area contributed by atoms with Crippen LogP contribution in [0.5, 0.6) is 0 Å². The minimum Gasteiger partial charge on any atom is -0.310 e. The molecule has 0 aliphatic carbocycles. The van der Waals surface area contributed by atoms with Crippen molar-refractivity contribution >= 4 is 31.9 Å². The van der Waals surface area contributed by atoms with Crippen LogP contribution in [-0.4, -0.2) is 6.54 Å². The highest BCUT2D eigenvalue weighted by atomic mass is 79.9. The van der Waals surface area contributed by atoms with Crippen molar-refractivity contribution in [2.45, 2.75) is 12.5 Å². The van der Waals surface area contributed by atoms with Crippen LogP contribution in [0.25, 0.3) is 0 Å². The fourth-order valence-electron chi connectivity index (χ4n) is 1.34. The van der Waals surface area contributed by atoms with Crippen molar-refractivity contribution in [3.8, 4) is 0 Å². The van der Waals surface area contributed by atoms with E-state index < -0.39 is 0 Å². The van der Waals surface area contributed by atoms with Crippen molar-refractivity contribution in [3.05, 3.63) is 32.7 Å². The molecule has 0 amide bonds. The molecule has 0 bridgehead atoms. The lowest BCUT2D eigenvalue weighted by Crippen LogP contribution is -2.35. The number of hydrogen-bond acceptors (Lipinski definition) is 1. The average molecular weight is 291 g/mol. The fraction of sp³-hybridized carbons (Fsp3) is 0.333. The van der Waals surface area contributed by atoms with E-state index in [1.54, 1.807) is 0 Å². The normalized spacial score (nSPS) is 22.0. The van der Waals surface area contributed by atoms with Gasteiger partial charge in [0.1, 0.15) is 0 Å². The van der Waals surface area contributed by atoms with Gasteiger partial charge in [-0.2, -0.15) is 0 Å². The lowest BCUT2D eigenvalue weighted by Gasteiger charge is -2.29. The van der Waals surface area contributed by atoms with Crippen LogP contribution in [0.1, 0.15) is 18.0 Å². The van der Waals surface area contributed by atoms with Gasteiger partial charge in [0.25, 0.3) is 0 Å². The quantitative estimate of drug-likeness (QED) is 0.837. The van der Waals surface area contributed by atoms with Crippen LogP contribution in [0.4, 0.5) is 0 Å². The maximum atomic E-state index is 3.57. The molecule has 12 heavy (non-hydrogen) atoms. The smallest absolute Gasteiger partial charge is 0.0365 e. The van der Waals surface area contributed by atoms with Crippen LogP contribution < -0.4 is 5.32 Å². The summed E-state index contributed by atoms with van der Waals surface area (Å²) in [5.74, 6) is 0. The first-order chi connectivity index (χ1) is 5.79. The van der Waals surface area contributed by atoms with E-state index >= 15 is 0 Å². The molecule has 1 heterocycles. The van der Waals surface area contributed by atoms with Crippen LogP contribution in [-0.2, 0) is 0 Å². The van der Waals surface area contributed by atoms with Crippen molar-refractivity contribution in [2.75, 3.05) is 6.54 Å². The van der Waals surface area contributed by atoms with Gasteiger partial charge in [0.2, 0.25) is 0 Å². The Labute approximate surface area is 88.8 Å². The van der Waals surface area contributed by atoms with Gasteiger partial charge in [0.05, 0.1) is 0 Å². The molecule has 0 radical (unpaired) electrons. The summed E-state index contributed by atoms with van der Waals surface area (Å²) in [4.78, 5) is 0. The van der Waals surface area contributed by atoms with Crippen molar-refractivity contribution in [2.24, 2.45) is 0 Å². The maximum absolute atomic E-state index is 3.57. The third-order valence-corrected chi connectivity index (χ3v) is 4.26. The molecule has 0 unspecified atom stereocenters. The van der Waals surface area contributed by atoms with E-state index in [0.29, 0.717) is 6.04 Å². The zero-order valence-electron chi connectivity index (χ0n) is 6.48. The van der Waals surface area contributed by atoms with Gasteiger partial charge in [-0.05, 0) is 56.5 Å². The summed E-state index contributed by atoms with van der Waals surface area (Å²) in [5.41, 5.74) is 1.36. The van der Waals surface area contributed by atoms with Gasteiger partial charge < -0.3 is 5.32 Å². The Kier molecular flexibility index (Phi) is 2.53. The number of hydrogen-bond donors (Lipinski definition) is 1. The molecule has 1 aromatic carbocycles. The topological polar surface area (TPSA) is 12.0 Å². The summed E-state index contributed by atoms with van der Waals surface area (Å²) in [6, 6.07) is 6.83. The zero-order chi connectivity index (χ0) is 8.55. The average Bonchev–Trinajstić information content (AvgIpc) is 1.95. The summed E-state index contributed by atoms with van der Waals surface area (Å²) >= 11 is 7.06. The van der Waals surface area contributed by atoms with Crippen molar-refractivity contribution in [1.29, 1.82) is 0 Å². The highest BCUT2D eigenvalue weighted by Crippen LogP contribution is 2.34. The van der Waals surface area contributed by atoms with Crippen LogP contribution in [0.2, 0.25) is 0 Å². The molecule has 1 aliphatic rings. The van der Waals surface area contributed by atoms with Crippen molar-refractivity contribution < 1.29 is 0 Å². The molecule has 0 aromatic heterocycles. The number of nitrogens with one attached hydrogen (secondary N) is 1. The van der Waals surface area contributed by atoms with E-state index in [-0.39, 0.29) is 0 Å². The first kappa shape index (κ1) is 8.73. The summed E-state index contributed by atoms with van der Waals surface area (Å²) in [6.07, 6.45) is 1.25. The molecule has 64 valence electrons. The van der Waals surface area contributed by atoms with Crippen LogP contribution in [0.3, 0.4) is 0 Å². The second-order valence-electron chi connectivity index (χ2n) is 2.94. The van der Waals surface area contributed by atoms with Gasteiger partial charge in [-0.3, -0.25) is 0 Å². The molecule has 1 aromatic rings. The first-order valence-electron chi connectivity index (χ1n) is 3.96. The molecule has 1 aliphatic heterocycles.